The summed E-state index contributed by atoms with van der Waals surface area (Å²) in [5.74, 6) is 0.114. The van der Waals surface area contributed by atoms with Crippen molar-refractivity contribution in [3.63, 3.8) is 0 Å². The van der Waals surface area contributed by atoms with Gasteiger partial charge in [-0.1, -0.05) is 24.3 Å². The van der Waals surface area contributed by atoms with Crippen molar-refractivity contribution >= 4 is 11.5 Å². The van der Waals surface area contributed by atoms with Crippen LogP contribution < -0.4 is 4.74 Å². The topological polar surface area (TPSA) is 81.5 Å². The molecule has 1 saturated carbocycles. The van der Waals surface area contributed by atoms with Gasteiger partial charge in [-0.05, 0) is 38.7 Å². The zero-order chi connectivity index (χ0) is 20.4. The maximum Gasteiger partial charge on any atom is 0.356 e. The second kappa shape index (κ2) is 8.33. The summed E-state index contributed by atoms with van der Waals surface area (Å²) in [5, 5.41) is 9.69. The van der Waals surface area contributed by atoms with Gasteiger partial charge in [0.25, 0.3) is 0 Å². The molecule has 1 aromatic heterocycles. The van der Waals surface area contributed by atoms with Gasteiger partial charge in [-0.25, -0.2) is 9.78 Å². The summed E-state index contributed by atoms with van der Waals surface area (Å²) in [7, 11) is 0. The van der Waals surface area contributed by atoms with Crippen molar-refractivity contribution in [1.29, 1.82) is 0 Å². The fourth-order valence-corrected chi connectivity index (χ4v) is 3.61. The quantitative estimate of drug-likeness (QED) is 0.757. The van der Waals surface area contributed by atoms with E-state index in [-0.39, 0.29) is 11.8 Å². The molecule has 1 fully saturated rings. The van der Waals surface area contributed by atoms with Crippen LogP contribution >= 0.6 is 0 Å². The number of aromatic carboxylic acids is 1. The van der Waals surface area contributed by atoms with Gasteiger partial charge in [0.05, 0.1) is 30.7 Å². The van der Waals surface area contributed by atoms with E-state index in [1.807, 2.05) is 26.0 Å². The molecule has 2 aliphatic rings. The largest absolute Gasteiger partial charge is 0.490 e. The molecule has 1 N–H and O–H groups in total. The third-order valence-corrected chi connectivity index (χ3v) is 5.18. The average molecular weight is 394 g/mol. The van der Waals surface area contributed by atoms with Crippen molar-refractivity contribution in [1.82, 2.24) is 9.97 Å². The van der Waals surface area contributed by atoms with Gasteiger partial charge < -0.3 is 14.6 Å². The van der Waals surface area contributed by atoms with Crippen LogP contribution in [0.4, 0.5) is 0 Å². The van der Waals surface area contributed by atoms with Crippen molar-refractivity contribution in [2.24, 2.45) is 0 Å². The first-order chi connectivity index (χ1) is 14.0. The normalized spacial score (nSPS) is 16.6. The molecule has 6 heteroatoms. The Hall–Kier alpha value is -2.73. The molecule has 152 valence electrons. The fraction of sp³-hybridized carbons (Fsp3) is 0.435. The van der Waals surface area contributed by atoms with Gasteiger partial charge in [0.15, 0.2) is 5.69 Å². The number of hydrogen-bond acceptors (Lipinski definition) is 5. The number of nitrogens with zero attached hydrogens (tertiary/aromatic N) is 2. The van der Waals surface area contributed by atoms with Crippen molar-refractivity contribution in [3.05, 3.63) is 58.7 Å². The Labute approximate surface area is 170 Å². The minimum Gasteiger partial charge on any atom is -0.490 e. The van der Waals surface area contributed by atoms with Crippen molar-refractivity contribution in [3.8, 4) is 5.75 Å². The van der Waals surface area contributed by atoms with E-state index >= 15 is 0 Å². The Kier molecular flexibility index (Phi) is 5.62. The smallest absolute Gasteiger partial charge is 0.356 e. The summed E-state index contributed by atoms with van der Waals surface area (Å²) in [5.41, 5.74) is 4.45. The fourth-order valence-electron chi connectivity index (χ4n) is 3.61. The van der Waals surface area contributed by atoms with Gasteiger partial charge >= 0.3 is 5.97 Å². The first-order valence-corrected chi connectivity index (χ1v) is 10.2. The highest BCUT2D eigenvalue weighted by Crippen LogP contribution is 2.39. The number of carbonyl (C=O) groups is 1. The summed E-state index contributed by atoms with van der Waals surface area (Å²) in [6.45, 7) is 5.27. The van der Waals surface area contributed by atoms with Crippen LogP contribution in [0.5, 0.6) is 5.75 Å². The summed E-state index contributed by atoms with van der Waals surface area (Å²) < 4.78 is 11.6. The summed E-state index contributed by atoms with van der Waals surface area (Å²) in [6, 6.07) is 6.02. The summed E-state index contributed by atoms with van der Waals surface area (Å²) >= 11 is 0. The molecule has 1 aliphatic carbocycles. The molecule has 0 spiro atoms. The van der Waals surface area contributed by atoms with E-state index < -0.39 is 5.97 Å². The first kappa shape index (κ1) is 19.6. The Bertz CT molecular complexity index is 948. The van der Waals surface area contributed by atoms with Crippen LogP contribution in [-0.4, -0.2) is 40.4 Å². The van der Waals surface area contributed by atoms with E-state index in [9.17, 15) is 9.90 Å². The van der Waals surface area contributed by atoms with Crippen molar-refractivity contribution in [2.45, 2.75) is 51.6 Å². The molecule has 0 bridgehead atoms. The van der Waals surface area contributed by atoms with Crippen LogP contribution in [0, 0.1) is 0 Å². The summed E-state index contributed by atoms with van der Waals surface area (Å²) in [4.78, 5) is 20.7. The lowest BCUT2D eigenvalue weighted by Gasteiger charge is -2.22. The molecule has 1 aromatic carbocycles. The predicted octanol–water partition coefficient (Wildman–Crippen LogP) is 4.23. The highest BCUT2D eigenvalue weighted by Gasteiger charge is 2.28. The Morgan fingerprint density at radius 1 is 1.34 bits per heavy atom. The van der Waals surface area contributed by atoms with Crippen LogP contribution in [0.3, 0.4) is 0 Å². The van der Waals surface area contributed by atoms with Crippen LogP contribution in [0.2, 0.25) is 0 Å². The van der Waals surface area contributed by atoms with Crippen LogP contribution in [0.15, 0.2) is 30.5 Å². The Morgan fingerprint density at radius 3 is 2.83 bits per heavy atom. The van der Waals surface area contributed by atoms with Gasteiger partial charge in [0.1, 0.15) is 5.75 Å². The molecule has 0 atom stereocenters. The van der Waals surface area contributed by atoms with Crippen molar-refractivity contribution < 1.29 is 19.4 Å². The molecule has 29 heavy (non-hydrogen) atoms. The minimum atomic E-state index is -1.04. The molecule has 0 radical (unpaired) electrons. The van der Waals surface area contributed by atoms with E-state index in [0.29, 0.717) is 31.2 Å². The molecule has 0 unspecified atom stereocenters. The molecule has 6 nitrogen and oxygen atoms in total. The number of ether oxygens (including phenoxy) is 2. The molecular weight excluding hydrogens is 368 g/mol. The Balaban J connectivity index is 1.73. The number of hydrogen-bond donors (Lipinski definition) is 1. The molecule has 1 aliphatic heterocycles. The monoisotopic (exact) mass is 394 g/mol. The van der Waals surface area contributed by atoms with E-state index in [1.54, 1.807) is 6.20 Å². The molecule has 0 amide bonds. The summed E-state index contributed by atoms with van der Waals surface area (Å²) in [6.07, 6.45) is 7.11. The highest BCUT2D eigenvalue weighted by molar-refractivity contribution is 5.86. The number of benzene rings is 1. The van der Waals surface area contributed by atoms with E-state index in [2.05, 4.69) is 22.1 Å². The molecule has 4 rings (SSSR count). The zero-order valence-corrected chi connectivity index (χ0v) is 16.9. The number of carboxylic acids is 1. The molecule has 0 saturated heterocycles. The SMILES string of the molecule is CC(C)Oc1c(Cc2ncc(C3CC3)nc2C(=O)O)cccc1C1=CCOCC1. The molecular formula is C23H26N2O4. The van der Waals surface area contributed by atoms with Gasteiger partial charge in [-0.3, -0.25) is 4.98 Å². The number of carboxylic acid groups (broad SMARTS) is 1. The van der Waals surface area contributed by atoms with Gasteiger partial charge in [-0.15, -0.1) is 0 Å². The second-order valence-electron chi connectivity index (χ2n) is 7.86. The van der Waals surface area contributed by atoms with E-state index in [4.69, 9.17) is 9.47 Å². The maximum absolute atomic E-state index is 11.8. The van der Waals surface area contributed by atoms with E-state index in [1.165, 1.54) is 5.57 Å². The first-order valence-electron chi connectivity index (χ1n) is 10.2. The van der Waals surface area contributed by atoms with E-state index in [0.717, 1.165) is 41.8 Å². The van der Waals surface area contributed by atoms with Gasteiger partial charge in [0, 0.05) is 29.7 Å². The second-order valence-corrected chi connectivity index (χ2v) is 7.86. The standard InChI is InChI=1S/C23H26N2O4/c1-14(2)29-22-17(4-3-5-18(22)15-8-10-28-11-9-15)12-19-21(23(26)27)25-20(13-24-19)16-6-7-16/h3-5,8,13-14,16H,6-7,9-12H2,1-2H3,(H,26,27). The van der Waals surface area contributed by atoms with Crippen molar-refractivity contribution in [2.75, 3.05) is 13.2 Å². The minimum absolute atomic E-state index is 0.00221. The van der Waals surface area contributed by atoms with Crippen LogP contribution in [0.1, 0.15) is 72.0 Å². The molecule has 2 aromatic rings. The number of para-hydroxylation sites is 1. The van der Waals surface area contributed by atoms with Crippen LogP contribution in [-0.2, 0) is 11.2 Å². The lowest BCUT2D eigenvalue weighted by atomic mass is 9.95. The molecule has 2 heterocycles. The van der Waals surface area contributed by atoms with Gasteiger partial charge in [0.2, 0.25) is 0 Å². The maximum atomic E-state index is 11.8. The van der Waals surface area contributed by atoms with Gasteiger partial charge in [-0.2, -0.15) is 0 Å². The lowest BCUT2D eigenvalue weighted by molar-refractivity contribution is 0.0688. The third kappa shape index (κ3) is 4.48. The van der Waals surface area contributed by atoms with Crippen LogP contribution in [0.25, 0.3) is 5.57 Å². The predicted molar refractivity (Wildman–Crippen MR) is 109 cm³/mol. The number of rotatable bonds is 7. The third-order valence-electron chi connectivity index (χ3n) is 5.18. The Morgan fingerprint density at radius 2 is 2.17 bits per heavy atom. The number of aromatic nitrogens is 2. The average Bonchev–Trinajstić information content (AvgIpc) is 3.55. The lowest BCUT2D eigenvalue weighted by Crippen LogP contribution is -2.14. The zero-order valence-electron chi connectivity index (χ0n) is 16.9. The highest BCUT2D eigenvalue weighted by atomic mass is 16.5.